The summed E-state index contributed by atoms with van der Waals surface area (Å²) in [6.07, 6.45) is 9.88. The predicted molar refractivity (Wildman–Crippen MR) is 80.0 cm³/mol. The standard InChI is InChI=1S/C16H27N3/c1-3-13-4-5-15(17)16(12-13)19(2)11-8-14-6-9-18-10-7-14/h6-7,9-10,13,15-16H,3-5,8,11-12,17H2,1-2H3. The normalized spacial score (nSPS) is 27.7. The van der Waals surface area contributed by atoms with Gasteiger partial charge in [0, 0.05) is 31.0 Å². The lowest BCUT2D eigenvalue weighted by atomic mass is 9.80. The van der Waals surface area contributed by atoms with Crippen LogP contribution in [0.3, 0.4) is 0 Å². The van der Waals surface area contributed by atoms with Crippen molar-refractivity contribution in [3.05, 3.63) is 30.1 Å². The summed E-state index contributed by atoms with van der Waals surface area (Å²) >= 11 is 0. The van der Waals surface area contributed by atoms with E-state index in [1.807, 2.05) is 12.4 Å². The maximum Gasteiger partial charge on any atom is 0.0270 e. The van der Waals surface area contributed by atoms with Gasteiger partial charge in [0.15, 0.2) is 0 Å². The minimum Gasteiger partial charge on any atom is -0.326 e. The van der Waals surface area contributed by atoms with Gasteiger partial charge in [0.2, 0.25) is 0 Å². The fraction of sp³-hybridized carbons (Fsp3) is 0.688. The zero-order valence-electron chi connectivity index (χ0n) is 12.3. The first kappa shape index (κ1) is 14.5. The zero-order valence-corrected chi connectivity index (χ0v) is 12.3. The van der Waals surface area contributed by atoms with Gasteiger partial charge in [-0.3, -0.25) is 4.98 Å². The number of pyridine rings is 1. The molecule has 1 saturated carbocycles. The Labute approximate surface area is 117 Å². The predicted octanol–water partition coefficient (Wildman–Crippen LogP) is 2.46. The molecule has 0 bridgehead atoms. The molecule has 2 N–H and O–H groups in total. The van der Waals surface area contributed by atoms with Gasteiger partial charge in [0.25, 0.3) is 0 Å². The van der Waals surface area contributed by atoms with Gasteiger partial charge in [-0.1, -0.05) is 13.3 Å². The first-order valence-corrected chi connectivity index (χ1v) is 7.55. The van der Waals surface area contributed by atoms with Crippen LogP contribution < -0.4 is 5.73 Å². The molecule has 0 aromatic carbocycles. The number of likely N-dealkylation sites (N-methyl/N-ethyl adjacent to an activating group) is 1. The van der Waals surface area contributed by atoms with Crippen LogP contribution >= 0.6 is 0 Å². The molecule has 1 heterocycles. The van der Waals surface area contributed by atoms with Gasteiger partial charge in [-0.05, 0) is 56.3 Å². The van der Waals surface area contributed by atoms with Gasteiger partial charge >= 0.3 is 0 Å². The second-order valence-electron chi connectivity index (χ2n) is 5.90. The maximum atomic E-state index is 6.31. The van der Waals surface area contributed by atoms with Crippen LogP contribution in [0.1, 0.15) is 38.2 Å². The first-order valence-electron chi connectivity index (χ1n) is 7.55. The van der Waals surface area contributed by atoms with E-state index in [1.165, 1.54) is 31.2 Å². The van der Waals surface area contributed by atoms with E-state index < -0.39 is 0 Å². The lowest BCUT2D eigenvalue weighted by Crippen LogP contribution is -2.50. The lowest BCUT2D eigenvalue weighted by Gasteiger charge is -2.39. The average molecular weight is 261 g/mol. The van der Waals surface area contributed by atoms with E-state index in [4.69, 9.17) is 5.73 Å². The highest BCUT2D eigenvalue weighted by Crippen LogP contribution is 2.28. The highest BCUT2D eigenvalue weighted by Gasteiger charge is 2.29. The van der Waals surface area contributed by atoms with Crippen molar-refractivity contribution in [2.75, 3.05) is 13.6 Å². The van der Waals surface area contributed by atoms with Crippen LogP contribution in [0.4, 0.5) is 0 Å². The van der Waals surface area contributed by atoms with E-state index in [9.17, 15) is 0 Å². The van der Waals surface area contributed by atoms with E-state index in [0.717, 1.165) is 18.9 Å². The van der Waals surface area contributed by atoms with Crippen molar-refractivity contribution in [3.63, 3.8) is 0 Å². The maximum absolute atomic E-state index is 6.31. The Kier molecular flexibility index (Phi) is 5.34. The molecule has 106 valence electrons. The highest BCUT2D eigenvalue weighted by molar-refractivity contribution is 5.10. The van der Waals surface area contributed by atoms with Crippen molar-refractivity contribution in [3.8, 4) is 0 Å². The average Bonchev–Trinajstić information content (AvgIpc) is 2.46. The molecule has 1 aliphatic carbocycles. The minimum atomic E-state index is 0.352. The van der Waals surface area contributed by atoms with E-state index in [2.05, 4.69) is 36.0 Å². The van der Waals surface area contributed by atoms with Crippen LogP contribution in [-0.4, -0.2) is 35.6 Å². The molecule has 3 heteroatoms. The summed E-state index contributed by atoms with van der Waals surface area (Å²) < 4.78 is 0. The Morgan fingerprint density at radius 3 is 2.74 bits per heavy atom. The molecule has 0 spiro atoms. The third-order valence-electron chi connectivity index (χ3n) is 4.62. The summed E-state index contributed by atoms with van der Waals surface area (Å²) in [5.41, 5.74) is 7.67. The number of hydrogen-bond acceptors (Lipinski definition) is 3. The number of nitrogens with two attached hydrogens (primary N) is 1. The van der Waals surface area contributed by atoms with Crippen molar-refractivity contribution >= 4 is 0 Å². The van der Waals surface area contributed by atoms with Gasteiger partial charge in [0.05, 0.1) is 0 Å². The molecule has 3 unspecified atom stereocenters. The van der Waals surface area contributed by atoms with Crippen LogP contribution in [0.25, 0.3) is 0 Å². The Bertz CT molecular complexity index is 366. The van der Waals surface area contributed by atoms with Gasteiger partial charge in [-0.15, -0.1) is 0 Å². The summed E-state index contributed by atoms with van der Waals surface area (Å²) in [5, 5.41) is 0. The van der Waals surface area contributed by atoms with Crippen LogP contribution in [0, 0.1) is 5.92 Å². The molecule has 0 aliphatic heterocycles. The SMILES string of the molecule is CCC1CCC(N)C(N(C)CCc2ccncc2)C1. The summed E-state index contributed by atoms with van der Waals surface area (Å²) in [4.78, 5) is 6.53. The molecule has 0 amide bonds. The van der Waals surface area contributed by atoms with Gasteiger partial charge in [-0.25, -0.2) is 0 Å². The molecular weight excluding hydrogens is 234 g/mol. The zero-order chi connectivity index (χ0) is 13.7. The molecule has 0 saturated heterocycles. The lowest BCUT2D eigenvalue weighted by molar-refractivity contribution is 0.136. The summed E-state index contributed by atoms with van der Waals surface area (Å²) in [6.45, 7) is 3.38. The fourth-order valence-corrected chi connectivity index (χ4v) is 3.15. The van der Waals surface area contributed by atoms with E-state index in [0.29, 0.717) is 12.1 Å². The summed E-state index contributed by atoms with van der Waals surface area (Å²) in [5.74, 6) is 0.869. The topological polar surface area (TPSA) is 42.1 Å². The number of nitrogens with zero attached hydrogens (tertiary/aromatic N) is 2. The molecule has 1 aromatic heterocycles. The molecule has 19 heavy (non-hydrogen) atoms. The van der Waals surface area contributed by atoms with Crippen molar-refractivity contribution in [1.82, 2.24) is 9.88 Å². The Hall–Kier alpha value is -0.930. The second-order valence-corrected chi connectivity index (χ2v) is 5.90. The smallest absolute Gasteiger partial charge is 0.0270 e. The molecule has 1 fully saturated rings. The molecule has 3 atom stereocenters. The molecule has 1 aromatic rings. The van der Waals surface area contributed by atoms with Crippen molar-refractivity contribution in [2.45, 2.75) is 51.1 Å². The monoisotopic (exact) mass is 261 g/mol. The largest absolute Gasteiger partial charge is 0.326 e. The molecule has 0 radical (unpaired) electrons. The Balaban J connectivity index is 1.86. The second kappa shape index (κ2) is 7.01. The number of rotatable bonds is 5. The van der Waals surface area contributed by atoms with Gasteiger partial charge < -0.3 is 10.6 Å². The molecule has 1 aliphatic rings. The van der Waals surface area contributed by atoms with Crippen LogP contribution in [0.15, 0.2) is 24.5 Å². The van der Waals surface area contributed by atoms with E-state index in [1.54, 1.807) is 0 Å². The quantitative estimate of drug-likeness (QED) is 0.885. The number of hydrogen-bond donors (Lipinski definition) is 1. The van der Waals surface area contributed by atoms with Crippen LogP contribution in [0.5, 0.6) is 0 Å². The molecule has 2 rings (SSSR count). The van der Waals surface area contributed by atoms with Crippen molar-refractivity contribution in [1.29, 1.82) is 0 Å². The highest BCUT2D eigenvalue weighted by atomic mass is 15.1. The van der Waals surface area contributed by atoms with E-state index >= 15 is 0 Å². The minimum absolute atomic E-state index is 0.352. The van der Waals surface area contributed by atoms with Gasteiger partial charge in [0.1, 0.15) is 0 Å². The van der Waals surface area contributed by atoms with Gasteiger partial charge in [-0.2, -0.15) is 0 Å². The fourth-order valence-electron chi connectivity index (χ4n) is 3.15. The Morgan fingerprint density at radius 1 is 1.32 bits per heavy atom. The van der Waals surface area contributed by atoms with Crippen molar-refractivity contribution in [2.24, 2.45) is 11.7 Å². The van der Waals surface area contributed by atoms with E-state index in [-0.39, 0.29) is 0 Å². The molecule has 3 nitrogen and oxygen atoms in total. The summed E-state index contributed by atoms with van der Waals surface area (Å²) in [6, 6.07) is 5.11. The summed E-state index contributed by atoms with van der Waals surface area (Å²) in [7, 11) is 2.23. The Morgan fingerprint density at radius 2 is 2.05 bits per heavy atom. The van der Waals surface area contributed by atoms with Crippen molar-refractivity contribution < 1.29 is 0 Å². The van der Waals surface area contributed by atoms with Crippen LogP contribution in [-0.2, 0) is 6.42 Å². The first-order chi connectivity index (χ1) is 9.20. The molecular formula is C16H27N3. The van der Waals surface area contributed by atoms with Crippen LogP contribution in [0.2, 0.25) is 0 Å². The number of aromatic nitrogens is 1. The third-order valence-corrected chi connectivity index (χ3v) is 4.62. The third kappa shape index (κ3) is 4.02.